The van der Waals surface area contributed by atoms with Crippen molar-refractivity contribution < 1.29 is 14.6 Å². The number of fused-ring (bicyclic) bond motifs is 2. The SMILES string of the molecule is C[C@@H]1[C@@H](n2ccc3c(Cl)ncnc32)[C@@H]2OC(C)(C)O[C@@H]2[C@@]1(C)CO. The van der Waals surface area contributed by atoms with Crippen molar-refractivity contribution in [2.75, 3.05) is 6.61 Å². The summed E-state index contributed by atoms with van der Waals surface area (Å²) in [5.74, 6) is -0.530. The molecule has 1 saturated carbocycles. The lowest BCUT2D eigenvalue weighted by Crippen LogP contribution is -2.39. The van der Waals surface area contributed by atoms with Crippen LogP contribution in [0.3, 0.4) is 0 Å². The van der Waals surface area contributed by atoms with E-state index in [1.54, 1.807) is 0 Å². The van der Waals surface area contributed by atoms with E-state index in [9.17, 15) is 5.11 Å². The van der Waals surface area contributed by atoms with Crippen molar-refractivity contribution in [3.8, 4) is 0 Å². The highest BCUT2D eigenvalue weighted by Crippen LogP contribution is 2.56. The van der Waals surface area contributed by atoms with Gasteiger partial charge in [0, 0.05) is 11.6 Å². The van der Waals surface area contributed by atoms with E-state index in [4.69, 9.17) is 21.1 Å². The number of halogens is 1. The Hall–Kier alpha value is -1.21. The highest BCUT2D eigenvalue weighted by atomic mass is 35.5. The summed E-state index contributed by atoms with van der Waals surface area (Å²) in [6, 6.07) is 1.92. The molecular weight excluding hydrogens is 330 g/mol. The van der Waals surface area contributed by atoms with Gasteiger partial charge < -0.3 is 19.1 Å². The van der Waals surface area contributed by atoms with E-state index in [0.717, 1.165) is 11.0 Å². The summed E-state index contributed by atoms with van der Waals surface area (Å²) in [4.78, 5) is 8.46. The molecule has 1 saturated heterocycles. The Bertz CT molecular complexity index is 792. The molecule has 2 aromatic rings. The number of aromatic nitrogens is 3. The summed E-state index contributed by atoms with van der Waals surface area (Å²) < 4.78 is 14.5. The molecule has 24 heavy (non-hydrogen) atoms. The fourth-order valence-electron chi connectivity index (χ4n) is 4.30. The molecule has 0 unspecified atom stereocenters. The summed E-state index contributed by atoms with van der Waals surface area (Å²) in [6.07, 6.45) is 3.12. The minimum Gasteiger partial charge on any atom is -0.396 e. The van der Waals surface area contributed by atoms with E-state index in [2.05, 4.69) is 28.4 Å². The first kappa shape index (κ1) is 16.3. The van der Waals surface area contributed by atoms with Crippen molar-refractivity contribution in [3.05, 3.63) is 23.7 Å². The molecule has 3 heterocycles. The Labute approximate surface area is 145 Å². The number of aliphatic hydroxyl groups is 1. The van der Waals surface area contributed by atoms with Gasteiger partial charge in [-0.05, 0) is 25.8 Å². The average Bonchev–Trinajstić information content (AvgIpc) is 3.14. The van der Waals surface area contributed by atoms with Gasteiger partial charge in [-0.15, -0.1) is 0 Å². The van der Waals surface area contributed by atoms with Crippen LogP contribution in [0.5, 0.6) is 0 Å². The lowest BCUT2D eigenvalue weighted by atomic mass is 9.79. The molecule has 5 atom stereocenters. The normalized spacial score (nSPS) is 37.9. The van der Waals surface area contributed by atoms with E-state index < -0.39 is 11.2 Å². The Morgan fingerprint density at radius 1 is 1.29 bits per heavy atom. The lowest BCUT2D eigenvalue weighted by Gasteiger charge is -2.35. The first-order chi connectivity index (χ1) is 11.3. The molecule has 1 aliphatic carbocycles. The van der Waals surface area contributed by atoms with Crippen LogP contribution in [0.25, 0.3) is 11.0 Å². The third kappa shape index (κ3) is 2.07. The first-order valence-corrected chi connectivity index (χ1v) is 8.60. The molecule has 0 radical (unpaired) electrons. The van der Waals surface area contributed by atoms with Crippen LogP contribution in [-0.2, 0) is 9.47 Å². The van der Waals surface area contributed by atoms with Gasteiger partial charge in [0.2, 0.25) is 0 Å². The molecule has 0 aromatic carbocycles. The Morgan fingerprint density at radius 2 is 2.04 bits per heavy atom. The van der Waals surface area contributed by atoms with Gasteiger partial charge in [-0.1, -0.05) is 25.4 Å². The van der Waals surface area contributed by atoms with Crippen LogP contribution in [0, 0.1) is 11.3 Å². The van der Waals surface area contributed by atoms with Gasteiger partial charge in [-0.25, -0.2) is 9.97 Å². The third-order valence-electron chi connectivity index (χ3n) is 5.79. The summed E-state index contributed by atoms with van der Waals surface area (Å²) in [5.41, 5.74) is 0.386. The van der Waals surface area contributed by atoms with Gasteiger partial charge in [-0.2, -0.15) is 0 Å². The zero-order valence-electron chi connectivity index (χ0n) is 14.2. The summed E-state index contributed by atoms with van der Waals surface area (Å²) >= 11 is 6.19. The zero-order valence-corrected chi connectivity index (χ0v) is 15.0. The fourth-order valence-corrected chi connectivity index (χ4v) is 4.49. The van der Waals surface area contributed by atoms with Crippen LogP contribution in [0.15, 0.2) is 18.6 Å². The van der Waals surface area contributed by atoms with Crippen LogP contribution >= 0.6 is 11.6 Å². The van der Waals surface area contributed by atoms with Gasteiger partial charge in [-0.3, -0.25) is 0 Å². The second-order valence-corrected chi connectivity index (χ2v) is 7.95. The molecule has 1 aliphatic heterocycles. The highest BCUT2D eigenvalue weighted by Gasteiger charge is 2.63. The third-order valence-corrected chi connectivity index (χ3v) is 6.09. The molecule has 130 valence electrons. The average molecular weight is 352 g/mol. The molecule has 2 aliphatic rings. The van der Waals surface area contributed by atoms with Crippen LogP contribution in [0.2, 0.25) is 5.15 Å². The number of nitrogens with zero attached hydrogens (tertiary/aromatic N) is 3. The van der Waals surface area contributed by atoms with Gasteiger partial charge in [0.1, 0.15) is 23.2 Å². The van der Waals surface area contributed by atoms with Gasteiger partial charge in [0.25, 0.3) is 0 Å². The second kappa shape index (κ2) is 5.14. The van der Waals surface area contributed by atoms with Gasteiger partial charge in [0.15, 0.2) is 5.79 Å². The van der Waals surface area contributed by atoms with Gasteiger partial charge in [0.05, 0.1) is 24.1 Å². The molecular formula is C17H22ClN3O3. The molecule has 0 amide bonds. The maximum Gasteiger partial charge on any atom is 0.163 e. The Morgan fingerprint density at radius 3 is 2.75 bits per heavy atom. The molecule has 0 bridgehead atoms. The standard InChI is InChI=1S/C17H22ClN3O3/c1-9-11(21-6-5-10-14(18)19-8-20-15(10)21)12-13(17(9,4)7-22)24-16(2,3)23-12/h5-6,8-9,11-13,22H,7H2,1-4H3/t9-,11-,12+,13+,17+/m1/s1. The van der Waals surface area contributed by atoms with Crippen molar-refractivity contribution >= 4 is 22.6 Å². The first-order valence-electron chi connectivity index (χ1n) is 8.22. The van der Waals surface area contributed by atoms with Crippen LogP contribution in [0.1, 0.15) is 33.7 Å². The lowest BCUT2D eigenvalue weighted by molar-refractivity contribution is -0.178. The number of hydrogen-bond donors (Lipinski definition) is 1. The quantitative estimate of drug-likeness (QED) is 0.842. The van der Waals surface area contributed by atoms with Crippen molar-refractivity contribution in [1.82, 2.24) is 14.5 Å². The van der Waals surface area contributed by atoms with E-state index in [1.807, 2.05) is 26.1 Å². The summed E-state index contributed by atoms with van der Waals surface area (Å²) in [5, 5.41) is 11.4. The molecule has 7 heteroatoms. The van der Waals surface area contributed by atoms with Crippen molar-refractivity contribution in [2.24, 2.45) is 11.3 Å². The minimum atomic E-state index is -0.667. The van der Waals surface area contributed by atoms with E-state index in [-0.39, 0.29) is 30.8 Å². The van der Waals surface area contributed by atoms with Crippen LogP contribution < -0.4 is 0 Å². The molecule has 0 spiro atoms. The van der Waals surface area contributed by atoms with Crippen LogP contribution in [0.4, 0.5) is 0 Å². The zero-order chi connectivity index (χ0) is 17.3. The monoisotopic (exact) mass is 351 g/mol. The molecule has 6 nitrogen and oxygen atoms in total. The molecule has 2 fully saturated rings. The van der Waals surface area contributed by atoms with Crippen molar-refractivity contribution in [2.45, 2.75) is 51.7 Å². The second-order valence-electron chi connectivity index (χ2n) is 7.59. The largest absolute Gasteiger partial charge is 0.396 e. The molecule has 4 rings (SSSR count). The topological polar surface area (TPSA) is 69.4 Å². The summed E-state index contributed by atoms with van der Waals surface area (Å²) in [7, 11) is 0. The van der Waals surface area contributed by atoms with Gasteiger partial charge >= 0.3 is 0 Å². The highest BCUT2D eigenvalue weighted by molar-refractivity contribution is 6.33. The van der Waals surface area contributed by atoms with E-state index in [1.165, 1.54) is 6.33 Å². The van der Waals surface area contributed by atoms with E-state index >= 15 is 0 Å². The maximum atomic E-state index is 10.1. The van der Waals surface area contributed by atoms with E-state index in [0.29, 0.717) is 5.15 Å². The molecule has 1 N–H and O–H groups in total. The maximum absolute atomic E-state index is 10.1. The number of hydrogen-bond acceptors (Lipinski definition) is 5. The van der Waals surface area contributed by atoms with Crippen LogP contribution in [-0.4, -0.2) is 44.2 Å². The van der Waals surface area contributed by atoms with Crippen molar-refractivity contribution in [1.29, 1.82) is 0 Å². The number of rotatable bonds is 2. The fraction of sp³-hybridized carbons (Fsp3) is 0.647. The molecule has 2 aromatic heterocycles. The Balaban J connectivity index is 1.86. The number of ether oxygens (including phenoxy) is 2. The van der Waals surface area contributed by atoms with Crippen molar-refractivity contribution in [3.63, 3.8) is 0 Å². The number of aliphatic hydroxyl groups excluding tert-OH is 1. The smallest absolute Gasteiger partial charge is 0.163 e. The Kier molecular flexibility index (Phi) is 3.49. The predicted octanol–water partition coefficient (Wildman–Crippen LogP) is 2.79. The summed E-state index contributed by atoms with van der Waals surface area (Å²) in [6.45, 7) is 8.07. The predicted molar refractivity (Wildman–Crippen MR) is 89.8 cm³/mol. The minimum absolute atomic E-state index is 0.00242.